The van der Waals surface area contributed by atoms with E-state index in [0.717, 1.165) is 11.4 Å². The van der Waals surface area contributed by atoms with Crippen LogP contribution in [0.2, 0.25) is 0 Å². The lowest BCUT2D eigenvalue weighted by molar-refractivity contribution is -0.827. The van der Waals surface area contributed by atoms with Gasteiger partial charge in [0.2, 0.25) is 5.00 Å². The highest BCUT2D eigenvalue weighted by Crippen LogP contribution is 2.18. The van der Waals surface area contributed by atoms with Gasteiger partial charge in [0, 0.05) is 6.54 Å². The predicted molar refractivity (Wildman–Crippen MR) is 58.0 cm³/mol. The van der Waals surface area contributed by atoms with E-state index in [2.05, 4.69) is 15.6 Å². The topological polar surface area (TPSA) is 79.9 Å². The van der Waals surface area contributed by atoms with Gasteiger partial charge in [-0.1, -0.05) is 6.92 Å². The quantitative estimate of drug-likeness (QED) is 0.643. The molecule has 4 N–H and O–H groups in total. The fraction of sp³-hybridized carbons (Fsp3) is 0.500. The molecular weight excluding hydrogens is 216 g/mol. The zero-order chi connectivity index (χ0) is 11.1. The third kappa shape index (κ3) is 4.24. The first kappa shape index (κ1) is 11.9. The molecule has 2 amide bonds. The summed E-state index contributed by atoms with van der Waals surface area (Å²) >= 11 is 1.36. The number of nitrogens with one attached hydrogen (secondary N) is 2. The number of aromatic nitrogens is 1. The highest BCUT2D eigenvalue weighted by molar-refractivity contribution is 7.18. The van der Waals surface area contributed by atoms with Crippen molar-refractivity contribution in [2.45, 2.75) is 13.3 Å². The Morgan fingerprint density at radius 3 is 3.20 bits per heavy atom. The van der Waals surface area contributed by atoms with Crippen LogP contribution in [0.3, 0.4) is 0 Å². The monoisotopic (exact) mass is 231 g/mol. The number of quaternary nitrogens is 1. The van der Waals surface area contributed by atoms with Gasteiger partial charge in [-0.15, -0.1) is 0 Å². The molecule has 0 aliphatic heterocycles. The lowest BCUT2D eigenvalue weighted by Gasteiger charge is -2.02. The Morgan fingerprint density at radius 2 is 2.53 bits per heavy atom. The van der Waals surface area contributed by atoms with Crippen LogP contribution >= 0.6 is 11.3 Å². The zero-order valence-corrected chi connectivity index (χ0v) is 9.56. The number of nitrogens with zero attached hydrogens (tertiary/aromatic N) is 1. The molecule has 0 fully saturated rings. The van der Waals surface area contributed by atoms with Crippen molar-refractivity contribution in [1.82, 2.24) is 10.3 Å². The van der Waals surface area contributed by atoms with Gasteiger partial charge in [-0.05, 0) is 17.8 Å². The summed E-state index contributed by atoms with van der Waals surface area (Å²) in [5.74, 6) is 0. The van der Waals surface area contributed by atoms with Gasteiger partial charge < -0.3 is 5.32 Å². The number of rotatable bonds is 5. The molecule has 0 bridgehead atoms. The molecule has 0 aliphatic rings. The standard InChI is InChI=1S/C8H14N4O2S/c1-3-4-9-7(13)11-8-10-5-6(15-8)12-14-2/h5,12H,3-4H2,1-2H3,(H2,9,10,11,13)/p+1. The number of amides is 2. The Bertz CT molecular complexity index is 315. The average molecular weight is 231 g/mol. The Hall–Kier alpha value is -1.18. The summed E-state index contributed by atoms with van der Waals surface area (Å²) in [4.78, 5) is 20.1. The third-order valence-corrected chi connectivity index (χ3v) is 2.35. The maximum atomic E-state index is 11.2. The number of anilines is 1. The van der Waals surface area contributed by atoms with E-state index < -0.39 is 0 Å². The van der Waals surface area contributed by atoms with Gasteiger partial charge in [-0.25, -0.2) is 14.6 Å². The second-order valence-corrected chi connectivity index (χ2v) is 3.86. The maximum Gasteiger partial charge on any atom is 0.321 e. The van der Waals surface area contributed by atoms with Crippen LogP contribution in [0.25, 0.3) is 0 Å². The minimum Gasteiger partial charge on any atom is -0.338 e. The van der Waals surface area contributed by atoms with E-state index in [4.69, 9.17) is 4.84 Å². The van der Waals surface area contributed by atoms with Gasteiger partial charge in [-0.2, -0.15) is 5.48 Å². The smallest absolute Gasteiger partial charge is 0.321 e. The summed E-state index contributed by atoms with van der Waals surface area (Å²) in [6, 6.07) is -0.227. The van der Waals surface area contributed by atoms with Crippen LogP contribution < -0.4 is 16.1 Å². The highest BCUT2D eigenvalue weighted by atomic mass is 32.1. The van der Waals surface area contributed by atoms with Gasteiger partial charge in [0.25, 0.3) is 0 Å². The van der Waals surface area contributed by atoms with Crippen molar-refractivity contribution in [2.24, 2.45) is 0 Å². The Kier molecular flexibility index (Phi) is 5.02. The molecule has 1 aromatic rings. The highest BCUT2D eigenvalue weighted by Gasteiger charge is 2.07. The second kappa shape index (κ2) is 6.33. The van der Waals surface area contributed by atoms with Crippen molar-refractivity contribution < 1.29 is 15.1 Å². The van der Waals surface area contributed by atoms with Gasteiger partial charge in [0.1, 0.15) is 6.20 Å². The Morgan fingerprint density at radius 1 is 1.73 bits per heavy atom. The van der Waals surface area contributed by atoms with Gasteiger partial charge in [0.15, 0.2) is 5.13 Å². The molecule has 0 radical (unpaired) electrons. The van der Waals surface area contributed by atoms with E-state index in [9.17, 15) is 4.79 Å². The van der Waals surface area contributed by atoms with Crippen molar-refractivity contribution in [3.05, 3.63) is 6.20 Å². The van der Waals surface area contributed by atoms with Crippen molar-refractivity contribution in [3.8, 4) is 0 Å². The van der Waals surface area contributed by atoms with E-state index in [0.29, 0.717) is 11.7 Å². The largest absolute Gasteiger partial charge is 0.338 e. The van der Waals surface area contributed by atoms with Crippen LogP contribution in [0.4, 0.5) is 14.9 Å². The van der Waals surface area contributed by atoms with Crippen molar-refractivity contribution >= 4 is 27.5 Å². The Labute approximate surface area is 92.0 Å². The Balaban J connectivity index is 2.39. The summed E-state index contributed by atoms with van der Waals surface area (Å²) in [7, 11) is 1.57. The van der Waals surface area contributed by atoms with E-state index >= 15 is 0 Å². The van der Waals surface area contributed by atoms with E-state index in [1.807, 2.05) is 6.92 Å². The minimum atomic E-state index is -0.227. The number of thiazole rings is 1. The van der Waals surface area contributed by atoms with E-state index in [1.165, 1.54) is 11.3 Å². The molecule has 0 unspecified atom stereocenters. The van der Waals surface area contributed by atoms with Gasteiger partial charge in [-0.3, -0.25) is 5.32 Å². The van der Waals surface area contributed by atoms with Crippen LogP contribution in [0.15, 0.2) is 6.20 Å². The van der Waals surface area contributed by atoms with Crippen molar-refractivity contribution in [2.75, 3.05) is 19.0 Å². The van der Waals surface area contributed by atoms with Crippen LogP contribution in [-0.2, 0) is 4.84 Å². The molecule has 15 heavy (non-hydrogen) atoms. The fourth-order valence-corrected chi connectivity index (χ4v) is 1.62. The van der Waals surface area contributed by atoms with Gasteiger partial charge in [0.05, 0.1) is 7.11 Å². The number of urea groups is 1. The first-order chi connectivity index (χ1) is 7.26. The maximum absolute atomic E-state index is 11.2. The molecule has 0 aliphatic carbocycles. The first-order valence-electron chi connectivity index (χ1n) is 4.63. The summed E-state index contributed by atoms with van der Waals surface area (Å²) in [6.07, 6.45) is 2.55. The van der Waals surface area contributed by atoms with Crippen LogP contribution in [0, 0.1) is 0 Å². The average Bonchev–Trinajstić information content (AvgIpc) is 2.63. The lowest BCUT2D eigenvalue weighted by Crippen LogP contribution is -2.75. The van der Waals surface area contributed by atoms with Crippen LogP contribution in [-0.4, -0.2) is 24.7 Å². The SMILES string of the molecule is CCCNC(=O)Nc1ncc([NH2+]OC)s1. The molecule has 0 atom stereocenters. The second-order valence-electron chi connectivity index (χ2n) is 2.80. The summed E-state index contributed by atoms with van der Waals surface area (Å²) in [6.45, 7) is 2.66. The molecule has 0 saturated heterocycles. The predicted octanol–water partition coefficient (Wildman–Crippen LogP) is 0.431. The molecule has 0 aromatic carbocycles. The number of hydrogen-bond donors (Lipinski definition) is 3. The molecule has 84 valence electrons. The van der Waals surface area contributed by atoms with Crippen LogP contribution in [0.1, 0.15) is 13.3 Å². The number of carbonyl (C=O) groups is 1. The molecule has 0 spiro atoms. The summed E-state index contributed by atoms with van der Waals surface area (Å²) < 4.78 is 0. The molecule has 1 aromatic heterocycles. The normalized spacial score (nSPS) is 10.0. The lowest BCUT2D eigenvalue weighted by atomic mass is 10.5. The van der Waals surface area contributed by atoms with E-state index in [-0.39, 0.29) is 6.03 Å². The molecule has 6 nitrogen and oxygen atoms in total. The number of nitrogens with two attached hydrogens (primary N) is 1. The summed E-state index contributed by atoms with van der Waals surface area (Å²) in [5, 5.41) is 6.76. The summed E-state index contributed by atoms with van der Waals surface area (Å²) in [5.41, 5.74) is 1.58. The molecule has 0 saturated carbocycles. The zero-order valence-electron chi connectivity index (χ0n) is 8.74. The fourth-order valence-electron chi connectivity index (χ4n) is 0.895. The number of carbonyl (C=O) groups excluding carboxylic acids is 1. The molecule has 1 rings (SSSR count). The van der Waals surface area contributed by atoms with Crippen LogP contribution in [0.5, 0.6) is 0 Å². The molecule has 7 heteroatoms. The third-order valence-electron chi connectivity index (χ3n) is 1.51. The molecular formula is C8H15N4O2S+. The minimum absolute atomic E-state index is 0.227. The van der Waals surface area contributed by atoms with E-state index in [1.54, 1.807) is 18.8 Å². The number of hydrogen-bond acceptors (Lipinski definition) is 4. The molecule has 1 heterocycles. The van der Waals surface area contributed by atoms with Gasteiger partial charge >= 0.3 is 6.03 Å². The van der Waals surface area contributed by atoms with Crippen molar-refractivity contribution in [3.63, 3.8) is 0 Å². The first-order valence-corrected chi connectivity index (χ1v) is 5.44. The van der Waals surface area contributed by atoms with Crippen molar-refractivity contribution in [1.29, 1.82) is 0 Å².